The van der Waals surface area contributed by atoms with Crippen LogP contribution in [-0.4, -0.2) is 83.6 Å². The summed E-state index contributed by atoms with van der Waals surface area (Å²) in [5, 5.41) is 9.77. The summed E-state index contributed by atoms with van der Waals surface area (Å²) in [6.45, 7) is 6.19. The Morgan fingerprint density at radius 2 is 1.88 bits per heavy atom. The van der Waals surface area contributed by atoms with E-state index >= 15 is 0 Å². The fourth-order valence-electron chi connectivity index (χ4n) is 8.28. The lowest BCUT2D eigenvalue weighted by Crippen LogP contribution is -2.57. The molecule has 318 valence electrons. The van der Waals surface area contributed by atoms with Crippen LogP contribution in [0.2, 0.25) is 5.02 Å². The molecule has 0 radical (unpaired) electrons. The summed E-state index contributed by atoms with van der Waals surface area (Å²) in [5.41, 5.74) is 2.28. The Morgan fingerprint density at radius 1 is 1.07 bits per heavy atom. The number of methoxy groups -OCH3 is 1. The van der Waals surface area contributed by atoms with Crippen molar-refractivity contribution in [3.8, 4) is 22.2 Å². The van der Waals surface area contributed by atoms with Crippen molar-refractivity contribution in [1.82, 2.24) is 24.9 Å². The van der Waals surface area contributed by atoms with E-state index in [2.05, 4.69) is 29.2 Å². The molecule has 3 N–H and O–H groups in total. The molecule has 4 heterocycles. The summed E-state index contributed by atoms with van der Waals surface area (Å²) in [5.74, 6) is -0.581. The molecule has 0 unspecified atom stereocenters. The fraction of sp³-hybridized carbons (Fsp3) is 0.477. The van der Waals surface area contributed by atoms with Crippen LogP contribution in [0.4, 0.5) is 5.69 Å². The molecule has 2 saturated carbocycles. The third-order valence-electron chi connectivity index (χ3n) is 12.0. The van der Waals surface area contributed by atoms with Crippen molar-refractivity contribution in [3.05, 3.63) is 76.3 Å². The van der Waals surface area contributed by atoms with E-state index in [1.165, 1.54) is 11.3 Å². The van der Waals surface area contributed by atoms with Gasteiger partial charge in [-0.2, -0.15) is 0 Å². The second-order valence-electron chi connectivity index (χ2n) is 16.7. The van der Waals surface area contributed by atoms with Crippen LogP contribution in [0.3, 0.4) is 0 Å². The van der Waals surface area contributed by atoms with Gasteiger partial charge in [-0.25, -0.2) is 18.4 Å². The molecule has 3 fully saturated rings. The van der Waals surface area contributed by atoms with E-state index in [0.29, 0.717) is 52.7 Å². The summed E-state index contributed by atoms with van der Waals surface area (Å²) >= 11 is 7.85. The van der Waals surface area contributed by atoms with Crippen molar-refractivity contribution in [3.63, 3.8) is 0 Å². The van der Waals surface area contributed by atoms with Crippen molar-refractivity contribution >= 4 is 67.3 Å². The molecular weight excluding hydrogens is 824 g/mol. The summed E-state index contributed by atoms with van der Waals surface area (Å²) in [6.07, 6.45) is 8.31. The molecule has 2 aliphatic heterocycles. The van der Waals surface area contributed by atoms with Crippen molar-refractivity contribution < 1.29 is 32.3 Å². The molecule has 16 heteroatoms. The van der Waals surface area contributed by atoms with E-state index in [1.54, 1.807) is 24.1 Å². The quantitative estimate of drug-likeness (QED) is 0.138. The van der Waals surface area contributed by atoms with Crippen molar-refractivity contribution in [2.45, 2.75) is 113 Å². The summed E-state index contributed by atoms with van der Waals surface area (Å²) in [7, 11) is -2.27. The first-order chi connectivity index (χ1) is 28.8. The molecule has 0 bridgehead atoms. The molecule has 2 aromatic carbocycles. The zero-order chi connectivity index (χ0) is 42.3. The van der Waals surface area contributed by atoms with E-state index in [1.807, 2.05) is 54.8 Å². The van der Waals surface area contributed by atoms with Gasteiger partial charge in [0.25, 0.3) is 5.91 Å². The van der Waals surface area contributed by atoms with E-state index in [-0.39, 0.29) is 31.2 Å². The van der Waals surface area contributed by atoms with E-state index in [0.717, 1.165) is 47.3 Å². The molecular formula is C44H51ClN6O7S2. The molecule has 2 aliphatic carbocycles. The second kappa shape index (κ2) is 17.0. The van der Waals surface area contributed by atoms with Crippen LogP contribution in [0.25, 0.3) is 21.6 Å². The zero-order valence-corrected chi connectivity index (χ0v) is 36.6. The third kappa shape index (κ3) is 8.71. The van der Waals surface area contributed by atoms with Crippen LogP contribution in [0.15, 0.2) is 60.0 Å². The first kappa shape index (κ1) is 42.0. The predicted octanol–water partition coefficient (Wildman–Crippen LogP) is 7.28. The number of carbonyl (C=O) groups excluding carboxylic acids is 3. The molecule has 8 rings (SSSR count). The van der Waals surface area contributed by atoms with E-state index in [4.69, 9.17) is 31.0 Å². The van der Waals surface area contributed by atoms with Crippen LogP contribution < -0.4 is 24.8 Å². The Bertz CT molecular complexity index is 2450. The van der Waals surface area contributed by atoms with Gasteiger partial charge >= 0.3 is 0 Å². The van der Waals surface area contributed by atoms with E-state index < -0.39 is 56.7 Å². The number of amides is 3. The Hall–Kier alpha value is -4.73. The number of fused-ring (bicyclic) bond motifs is 3. The van der Waals surface area contributed by atoms with Crippen molar-refractivity contribution in [1.29, 1.82) is 0 Å². The van der Waals surface area contributed by atoms with Crippen LogP contribution in [0, 0.1) is 12.8 Å². The molecule has 5 atom stereocenters. The first-order valence-electron chi connectivity index (χ1n) is 20.7. The number of hydrogen-bond acceptors (Lipinski definition) is 11. The van der Waals surface area contributed by atoms with Crippen molar-refractivity contribution in [2.24, 2.45) is 5.92 Å². The summed E-state index contributed by atoms with van der Waals surface area (Å²) < 4.78 is 40.7. The van der Waals surface area contributed by atoms with Gasteiger partial charge in [0.15, 0.2) is 0 Å². The average molecular weight is 876 g/mol. The molecule has 4 aromatic rings. The molecule has 13 nitrogen and oxygen atoms in total. The summed E-state index contributed by atoms with van der Waals surface area (Å²) in [4.78, 5) is 54.9. The standard InChI is InChI=1S/C44H51ClN6O7S2/c1-25(2)35-24-59-41(48-35)34-21-38(32-17-18-37(57-4)26(3)39(32)47-34)58-30-20-36-40(52)49-44(43(54)50-60(55,56)31-15-16-31)22-27(44)11-8-6-5-7-9-14-33(42(53)51(36)23-30)46-29-13-10-12-28(45)19-29/h8,10-13,17-19,21,24-25,27,30-31,33,36,46H,5-7,9,14-16,20,22-23H2,1-4H3,(H,49,52)(H,50,54)/b11-8-/t27-,30-,33+,36+,44-/m1/s1. The fourth-order valence-corrected chi connectivity index (χ4v) is 10.8. The number of halogens is 1. The van der Waals surface area contributed by atoms with Crippen LogP contribution in [-0.2, 0) is 24.4 Å². The Kier molecular flexibility index (Phi) is 11.9. The van der Waals surface area contributed by atoms with Gasteiger partial charge in [0.05, 0.1) is 30.1 Å². The van der Waals surface area contributed by atoms with Gasteiger partial charge in [0.2, 0.25) is 21.8 Å². The average Bonchev–Trinajstić information content (AvgIpc) is 4.09. The number of ether oxygens (including phenoxy) is 2. The highest BCUT2D eigenvalue weighted by atomic mass is 35.5. The van der Waals surface area contributed by atoms with Gasteiger partial charge in [-0.05, 0) is 81.7 Å². The number of nitrogens with one attached hydrogen (secondary N) is 3. The topological polar surface area (TPSA) is 169 Å². The Balaban J connectivity index is 1.15. The minimum atomic E-state index is -3.89. The van der Waals surface area contributed by atoms with Crippen LogP contribution in [0.5, 0.6) is 11.5 Å². The van der Waals surface area contributed by atoms with Gasteiger partial charge in [0, 0.05) is 45.4 Å². The van der Waals surface area contributed by atoms with Gasteiger partial charge in [-0.15, -0.1) is 11.3 Å². The highest BCUT2D eigenvalue weighted by Crippen LogP contribution is 2.46. The molecule has 4 aliphatic rings. The molecule has 2 aromatic heterocycles. The summed E-state index contributed by atoms with van der Waals surface area (Å²) in [6, 6.07) is 11.1. The lowest BCUT2D eigenvalue weighted by molar-refractivity contribution is -0.140. The number of rotatable bonds is 10. The largest absolute Gasteiger partial charge is 0.496 e. The number of aromatic nitrogens is 2. The molecule has 1 saturated heterocycles. The van der Waals surface area contributed by atoms with Crippen molar-refractivity contribution in [2.75, 3.05) is 19.0 Å². The lowest BCUT2D eigenvalue weighted by atomic mass is 10.0. The highest BCUT2D eigenvalue weighted by Gasteiger charge is 2.62. The number of hydrogen-bond donors (Lipinski definition) is 3. The second-order valence-corrected chi connectivity index (χ2v) is 20.0. The predicted molar refractivity (Wildman–Crippen MR) is 233 cm³/mol. The number of carbonyl (C=O) groups is 3. The maximum Gasteiger partial charge on any atom is 0.259 e. The number of nitrogens with zero attached hydrogens (tertiary/aromatic N) is 3. The van der Waals surface area contributed by atoms with Gasteiger partial charge in [0.1, 0.15) is 45.9 Å². The number of anilines is 1. The Labute approximate surface area is 359 Å². The first-order valence-corrected chi connectivity index (χ1v) is 23.5. The number of benzene rings is 2. The number of thiazole rings is 1. The molecule has 0 spiro atoms. The Morgan fingerprint density at radius 3 is 2.62 bits per heavy atom. The van der Waals surface area contributed by atoms with Gasteiger partial charge in [-0.1, -0.05) is 56.5 Å². The number of allylic oxidation sites excluding steroid dienone is 1. The van der Waals surface area contributed by atoms with Gasteiger partial charge < -0.3 is 25.0 Å². The normalized spacial score (nSPS) is 25.4. The van der Waals surface area contributed by atoms with E-state index in [9.17, 15) is 22.8 Å². The maximum absolute atomic E-state index is 14.9. The molecule has 60 heavy (non-hydrogen) atoms. The zero-order valence-electron chi connectivity index (χ0n) is 34.2. The minimum Gasteiger partial charge on any atom is -0.496 e. The minimum absolute atomic E-state index is 0.0757. The highest BCUT2D eigenvalue weighted by molar-refractivity contribution is 7.91. The number of pyridine rings is 1. The van der Waals surface area contributed by atoms with Crippen LogP contribution in [0.1, 0.15) is 88.8 Å². The van der Waals surface area contributed by atoms with Gasteiger partial charge in [-0.3, -0.25) is 19.1 Å². The molecule has 3 amide bonds. The monoisotopic (exact) mass is 874 g/mol. The third-order valence-corrected chi connectivity index (χ3v) is 14.9. The lowest BCUT2D eigenvalue weighted by Gasteiger charge is -2.30. The number of aryl methyl sites for hydroxylation is 1. The number of sulfonamides is 1. The van der Waals surface area contributed by atoms with Crippen LogP contribution >= 0.6 is 22.9 Å². The smallest absolute Gasteiger partial charge is 0.259 e. The maximum atomic E-state index is 14.9. The SMILES string of the molecule is COc1ccc2c(O[C@@H]3C[C@H]4C(=O)N[C@]5(C(=O)NS(=O)(=O)C6CC6)C[C@H]5/C=C\CCCCC[C@H](Nc5cccc(Cl)c5)C(=O)N4C3)cc(-c3nc(C(C)C)cs3)nc2c1C.